The summed E-state index contributed by atoms with van der Waals surface area (Å²) in [5, 5.41) is 26.5. The van der Waals surface area contributed by atoms with Gasteiger partial charge in [-0.2, -0.15) is 5.10 Å². The minimum atomic E-state index is -0.734. The van der Waals surface area contributed by atoms with Gasteiger partial charge in [-0.1, -0.05) is 42.1 Å². The Kier molecular flexibility index (Phi) is 6.99. The first-order valence-corrected chi connectivity index (χ1v) is 10.4. The smallest absolute Gasteiger partial charge is 0.315 e. The second-order valence-corrected chi connectivity index (χ2v) is 7.88. The van der Waals surface area contributed by atoms with E-state index in [4.69, 9.17) is 4.74 Å². The van der Waals surface area contributed by atoms with E-state index in [0.717, 1.165) is 21.7 Å². The summed E-state index contributed by atoms with van der Waals surface area (Å²) in [5.74, 6) is -0.880. The summed E-state index contributed by atoms with van der Waals surface area (Å²) in [6.45, 7) is 0. The molecular formula is C19H16N4O5S2. The van der Waals surface area contributed by atoms with Gasteiger partial charge in [0.25, 0.3) is 5.91 Å². The molecule has 0 fully saturated rings. The van der Waals surface area contributed by atoms with E-state index in [1.807, 2.05) is 35.7 Å². The predicted octanol–water partition coefficient (Wildman–Crippen LogP) is 3.67. The number of hydrogen-bond donors (Lipinski definition) is 2. The van der Waals surface area contributed by atoms with Crippen LogP contribution < -0.4 is 10.2 Å². The number of carbonyl (C=O) groups excluding carboxylic acids is 1. The Morgan fingerprint density at radius 1 is 1.40 bits per heavy atom. The zero-order valence-corrected chi connectivity index (χ0v) is 17.3. The lowest BCUT2D eigenvalue weighted by Gasteiger charge is -2.05. The number of thiazole rings is 1. The van der Waals surface area contributed by atoms with E-state index in [1.54, 1.807) is 0 Å². The molecule has 0 radical (unpaired) electrons. The lowest BCUT2D eigenvalue weighted by molar-refractivity contribution is -0.386. The number of aromatic hydroxyl groups is 1. The monoisotopic (exact) mass is 444 g/mol. The van der Waals surface area contributed by atoms with Gasteiger partial charge in [-0.3, -0.25) is 14.9 Å². The highest BCUT2D eigenvalue weighted by Gasteiger charge is 2.19. The summed E-state index contributed by atoms with van der Waals surface area (Å²) in [5.41, 5.74) is 3.98. The van der Waals surface area contributed by atoms with Crippen LogP contribution in [0, 0.1) is 10.1 Å². The number of nitro benzene ring substituents is 1. The number of hydrazone groups is 1. The molecule has 0 aliphatic carbocycles. The molecule has 0 unspecified atom stereocenters. The van der Waals surface area contributed by atoms with Crippen molar-refractivity contribution >= 4 is 40.9 Å². The third kappa shape index (κ3) is 5.33. The number of phenols is 1. The normalized spacial score (nSPS) is 10.8. The molecule has 9 nitrogen and oxygen atoms in total. The Bertz CT molecular complexity index is 1090. The highest BCUT2D eigenvalue weighted by Crippen LogP contribution is 2.36. The summed E-state index contributed by atoms with van der Waals surface area (Å²) in [4.78, 5) is 26.8. The lowest BCUT2D eigenvalue weighted by Crippen LogP contribution is -2.19. The Labute approximate surface area is 179 Å². The molecule has 11 heteroatoms. The molecular weight excluding hydrogens is 428 g/mol. The van der Waals surface area contributed by atoms with Crippen LogP contribution in [0.5, 0.6) is 11.5 Å². The topological polar surface area (TPSA) is 127 Å². The largest absolute Gasteiger partial charge is 0.500 e. The van der Waals surface area contributed by atoms with E-state index in [1.165, 1.54) is 42.5 Å². The number of benzene rings is 2. The van der Waals surface area contributed by atoms with E-state index < -0.39 is 16.4 Å². The molecule has 30 heavy (non-hydrogen) atoms. The number of carbonyl (C=O) groups is 1. The van der Waals surface area contributed by atoms with E-state index in [2.05, 4.69) is 15.5 Å². The van der Waals surface area contributed by atoms with Crippen LogP contribution in [-0.2, 0) is 4.79 Å². The van der Waals surface area contributed by atoms with Gasteiger partial charge in [0.05, 0.1) is 29.7 Å². The average Bonchev–Trinajstić information content (AvgIpc) is 3.23. The van der Waals surface area contributed by atoms with E-state index >= 15 is 0 Å². The zero-order chi connectivity index (χ0) is 21.5. The van der Waals surface area contributed by atoms with Gasteiger partial charge in [0.15, 0.2) is 10.1 Å². The number of ether oxygens (including phenoxy) is 1. The van der Waals surface area contributed by atoms with Crippen LogP contribution in [-0.4, -0.2) is 40.0 Å². The molecule has 0 saturated heterocycles. The number of methoxy groups -OCH3 is 1. The second kappa shape index (κ2) is 9.85. The highest BCUT2D eigenvalue weighted by atomic mass is 32.2. The van der Waals surface area contributed by atoms with Gasteiger partial charge in [-0.05, 0) is 6.07 Å². The number of amides is 1. The summed E-state index contributed by atoms with van der Waals surface area (Å²) in [6.07, 6.45) is 1.23. The van der Waals surface area contributed by atoms with E-state index in [9.17, 15) is 20.0 Å². The molecule has 1 aromatic heterocycles. The maximum atomic E-state index is 12.0. The number of nitro groups is 1. The van der Waals surface area contributed by atoms with E-state index in [0.29, 0.717) is 0 Å². The molecule has 3 rings (SSSR count). The maximum absolute atomic E-state index is 12.0. The predicted molar refractivity (Wildman–Crippen MR) is 115 cm³/mol. The van der Waals surface area contributed by atoms with Crippen molar-refractivity contribution in [2.75, 3.05) is 12.9 Å². The van der Waals surface area contributed by atoms with Crippen LogP contribution >= 0.6 is 23.1 Å². The summed E-state index contributed by atoms with van der Waals surface area (Å²) >= 11 is 2.73. The number of nitrogens with one attached hydrogen (secondary N) is 1. The van der Waals surface area contributed by atoms with Crippen molar-refractivity contribution in [3.8, 4) is 22.8 Å². The van der Waals surface area contributed by atoms with Crippen LogP contribution in [0.4, 0.5) is 5.69 Å². The minimum absolute atomic E-state index is 0.0643. The molecule has 1 heterocycles. The summed E-state index contributed by atoms with van der Waals surface area (Å²) in [6, 6.07) is 12.2. The Morgan fingerprint density at radius 2 is 2.17 bits per heavy atom. The standard InChI is InChI=1S/C19H16N4O5S2/c1-28-16-8-12(7-15(18(16)25)23(26)27)9-20-22-17(24)11-30-19-21-14(10-29-19)13-5-3-2-4-6-13/h2-10,25H,11H2,1H3,(H,22,24)/b20-9+. The lowest BCUT2D eigenvalue weighted by atomic mass is 10.2. The van der Waals surface area contributed by atoms with Crippen LogP contribution in [0.3, 0.4) is 0 Å². The molecule has 0 aliphatic heterocycles. The number of rotatable bonds is 8. The number of nitrogens with zero attached hydrogens (tertiary/aromatic N) is 3. The number of aromatic nitrogens is 1. The third-order valence-corrected chi connectivity index (χ3v) is 5.80. The molecule has 0 atom stereocenters. The van der Waals surface area contributed by atoms with Crippen LogP contribution in [0.15, 0.2) is 57.3 Å². The second-order valence-electron chi connectivity index (χ2n) is 5.79. The van der Waals surface area contributed by atoms with Crippen molar-refractivity contribution in [3.05, 3.63) is 63.5 Å². The van der Waals surface area contributed by atoms with Gasteiger partial charge >= 0.3 is 5.69 Å². The molecule has 0 bridgehead atoms. The highest BCUT2D eigenvalue weighted by molar-refractivity contribution is 8.01. The third-order valence-electron chi connectivity index (χ3n) is 3.78. The Balaban J connectivity index is 1.56. The van der Waals surface area contributed by atoms with Gasteiger partial charge in [0.2, 0.25) is 5.75 Å². The van der Waals surface area contributed by atoms with Gasteiger partial charge in [0, 0.05) is 22.6 Å². The van der Waals surface area contributed by atoms with Crippen molar-refractivity contribution in [2.45, 2.75) is 4.34 Å². The van der Waals surface area contributed by atoms with Gasteiger partial charge in [-0.15, -0.1) is 11.3 Å². The first-order chi connectivity index (χ1) is 14.5. The fourth-order valence-electron chi connectivity index (χ4n) is 2.39. The average molecular weight is 444 g/mol. The van der Waals surface area contributed by atoms with Crippen LogP contribution in [0.1, 0.15) is 5.56 Å². The summed E-state index contributed by atoms with van der Waals surface area (Å²) < 4.78 is 5.67. The number of phenolic OH excluding ortho intramolecular Hbond substituents is 1. The van der Waals surface area contributed by atoms with Crippen molar-refractivity contribution in [3.63, 3.8) is 0 Å². The molecule has 2 aromatic carbocycles. The van der Waals surface area contributed by atoms with Crippen molar-refractivity contribution in [1.82, 2.24) is 10.4 Å². The molecule has 154 valence electrons. The van der Waals surface area contributed by atoms with Crippen LogP contribution in [0.25, 0.3) is 11.3 Å². The Hall–Kier alpha value is -3.44. The minimum Gasteiger partial charge on any atom is -0.500 e. The quantitative estimate of drug-likeness (QED) is 0.235. The first-order valence-electron chi connectivity index (χ1n) is 8.49. The number of thioether (sulfide) groups is 1. The SMILES string of the molecule is COc1cc(/C=N/NC(=O)CSc2nc(-c3ccccc3)cs2)cc([N+](=O)[O-])c1O. The Morgan fingerprint density at radius 3 is 2.87 bits per heavy atom. The van der Waals surface area contributed by atoms with Crippen molar-refractivity contribution < 1.29 is 19.6 Å². The van der Waals surface area contributed by atoms with Gasteiger partial charge in [-0.25, -0.2) is 10.4 Å². The van der Waals surface area contributed by atoms with Crippen molar-refractivity contribution in [2.24, 2.45) is 5.10 Å². The molecule has 0 aliphatic rings. The molecule has 3 aromatic rings. The molecule has 1 amide bonds. The van der Waals surface area contributed by atoms with E-state index in [-0.39, 0.29) is 23.0 Å². The molecule has 2 N–H and O–H groups in total. The van der Waals surface area contributed by atoms with Crippen LogP contribution in [0.2, 0.25) is 0 Å². The fraction of sp³-hybridized carbons (Fsp3) is 0.105. The maximum Gasteiger partial charge on any atom is 0.315 e. The number of hydrogen-bond acceptors (Lipinski definition) is 9. The first kappa shape index (κ1) is 21.3. The van der Waals surface area contributed by atoms with Gasteiger partial charge < -0.3 is 9.84 Å². The zero-order valence-electron chi connectivity index (χ0n) is 15.6. The fourth-order valence-corrected chi connectivity index (χ4v) is 4.01. The summed E-state index contributed by atoms with van der Waals surface area (Å²) in [7, 11) is 1.28. The molecule has 0 saturated carbocycles. The molecule has 0 spiro atoms. The van der Waals surface area contributed by atoms with Gasteiger partial charge in [0.1, 0.15) is 0 Å². The van der Waals surface area contributed by atoms with Crippen molar-refractivity contribution in [1.29, 1.82) is 0 Å².